The van der Waals surface area contributed by atoms with Crippen LogP contribution in [0.25, 0.3) is 5.69 Å². The van der Waals surface area contributed by atoms with E-state index in [1.807, 2.05) is 0 Å². The Morgan fingerprint density at radius 2 is 1.73 bits per heavy atom. The van der Waals surface area contributed by atoms with Crippen molar-refractivity contribution in [3.8, 4) is 5.69 Å². The molecule has 1 aromatic heterocycles. The molecule has 5 rings (SSSR count). The summed E-state index contributed by atoms with van der Waals surface area (Å²) in [6, 6.07) is 21.2. The Morgan fingerprint density at radius 3 is 2.50 bits per heavy atom. The quantitative estimate of drug-likeness (QED) is 0.667. The highest BCUT2D eigenvalue weighted by Gasteiger charge is 2.39. The number of hydrogen-bond acceptors (Lipinski definition) is 1. The van der Waals surface area contributed by atoms with Crippen LogP contribution in [-0.2, 0) is 11.3 Å². The van der Waals surface area contributed by atoms with Crippen molar-refractivity contribution in [1.82, 2.24) is 9.47 Å². The minimum absolute atomic E-state index is 0.0499. The third-order valence-electron chi connectivity index (χ3n) is 5.57. The second-order valence-corrected chi connectivity index (χ2v) is 7.49. The molecule has 2 heterocycles. The van der Waals surface area contributed by atoms with Gasteiger partial charge in [0.1, 0.15) is 0 Å². The number of hydrogen-bond donors (Lipinski definition) is 0. The first-order chi connectivity index (χ1) is 12.7. The number of para-hydroxylation sites is 1. The lowest BCUT2D eigenvalue weighted by Crippen LogP contribution is -2.35. The van der Waals surface area contributed by atoms with Gasteiger partial charge >= 0.3 is 0 Å². The predicted molar refractivity (Wildman–Crippen MR) is 102 cm³/mol. The number of amides is 1. The van der Waals surface area contributed by atoms with E-state index in [2.05, 4.69) is 83.3 Å². The minimum Gasteiger partial charge on any atom is -0.325 e. The third kappa shape index (κ3) is 2.47. The van der Waals surface area contributed by atoms with E-state index in [1.165, 1.54) is 22.4 Å². The van der Waals surface area contributed by atoms with Gasteiger partial charge < -0.3 is 9.47 Å². The maximum absolute atomic E-state index is 13.2. The summed E-state index contributed by atoms with van der Waals surface area (Å²) in [6.45, 7) is 2.76. The van der Waals surface area contributed by atoms with Crippen LogP contribution in [0, 0.1) is 12.8 Å². The highest BCUT2D eigenvalue weighted by atomic mass is 16.2. The molecule has 1 saturated carbocycles. The molecule has 1 aliphatic carbocycles. The van der Waals surface area contributed by atoms with Crippen LogP contribution in [0.15, 0.2) is 66.9 Å². The summed E-state index contributed by atoms with van der Waals surface area (Å²) < 4.78 is 2.25. The van der Waals surface area contributed by atoms with Crippen LogP contribution in [0.1, 0.15) is 41.3 Å². The van der Waals surface area contributed by atoms with Crippen molar-refractivity contribution in [3.05, 3.63) is 89.2 Å². The number of carbonyl (C=O) groups is 1. The first kappa shape index (κ1) is 15.4. The largest absolute Gasteiger partial charge is 0.325 e. The zero-order chi connectivity index (χ0) is 17.7. The molecule has 1 fully saturated rings. The molecule has 3 aromatic rings. The molecule has 1 amide bonds. The summed E-state index contributed by atoms with van der Waals surface area (Å²) >= 11 is 0. The monoisotopic (exact) mass is 342 g/mol. The van der Waals surface area contributed by atoms with Gasteiger partial charge in [-0.2, -0.15) is 0 Å². The summed E-state index contributed by atoms with van der Waals surface area (Å²) in [6.07, 6.45) is 4.16. The Labute approximate surface area is 153 Å². The van der Waals surface area contributed by atoms with Crippen LogP contribution in [-0.4, -0.2) is 15.4 Å². The number of rotatable bonds is 2. The van der Waals surface area contributed by atoms with E-state index in [0.29, 0.717) is 12.5 Å². The first-order valence-corrected chi connectivity index (χ1v) is 9.35. The van der Waals surface area contributed by atoms with Gasteiger partial charge in [-0.25, -0.2) is 0 Å². The van der Waals surface area contributed by atoms with Crippen LogP contribution in [0.2, 0.25) is 0 Å². The number of carbonyl (C=O) groups excluding carboxylic acids is 1. The maximum atomic E-state index is 13.2. The highest BCUT2D eigenvalue weighted by molar-refractivity contribution is 5.82. The average Bonchev–Trinajstić information content (AvgIpc) is 3.43. The molecule has 3 heteroatoms. The van der Waals surface area contributed by atoms with E-state index in [0.717, 1.165) is 18.5 Å². The van der Waals surface area contributed by atoms with Crippen molar-refractivity contribution in [1.29, 1.82) is 0 Å². The molecule has 0 saturated heterocycles. The number of benzene rings is 2. The van der Waals surface area contributed by atoms with E-state index in [-0.39, 0.29) is 12.0 Å². The summed E-state index contributed by atoms with van der Waals surface area (Å²) in [7, 11) is 0. The smallest absolute Gasteiger partial charge is 0.226 e. The molecule has 1 aliphatic heterocycles. The SMILES string of the molecule is Cc1ccc([C@H]2c3cccn3-c3ccccc3CN2C(=O)C2CC2)cc1. The Hall–Kier alpha value is -2.81. The van der Waals surface area contributed by atoms with Crippen molar-refractivity contribution < 1.29 is 4.79 Å². The average molecular weight is 342 g/mol. The summed E-state index contributed by atoms with van der Waals surface area (Å²) in [5, 5.41) is 0. The minimum atomic E-state index is -0.0499. The fourth-order valence-electron chi connectivity index (χ4n) is 4.02. The summed E-state index contributed by atoms with van der Waals surface area (Å²) in [5.41, 5.74) is 5.95. The van der Waals surface area contributed by atoms with Gasteiger partial charge in [0.2, 0.25) is 5.91 Å². The van der Waals surface area contributed by atoms with Crippen molar-refractivity contribution in [2.75, 3.05) is 0 Å². The highest BCUT2D eigenvalue weighted by Crippen LogP contribution is 2.40. The fourth-order valence-corrected chi connectivity index (χ4v) is 4.02. The Kier molecular flexibility index (Phi) is 3.49. The van der Waals surface area contributed by atoms with Gasteiger partial charge in [-0.1, -0.05) is 48.0 Å². The standard InChI is InChI=1S/C23H22N2O/c1-16-8-10-17(11-9-16)22-21-7-4-14-24(21)20-6-3-2-5-19(20)15-25(22)23(26)18-12-13-18/h2-11,14,18,22H,12-13,15H2,1H3/t22-/m0/s1. The predicted octanol–water partition coefficient (Wildman–Crippen LogP) is 4.63. The Bertz CT molecular complexity index is 966. The van der Waals surface area contributed by atoms with Gasteiger partial charge in [0, 0.05) is 24.4 Å². The van der Waals surface area contributed by atoms with E-state index < -0.39 is 0 Å². The molecule has 0 unspecified atom stereocenters. The normalized spacial score (nSPS) is 18.8. The second-order valence-electron chi connectivity index (χ2n) is 7.49. The van der Waals surface area contributed by atoms with Crippen molar-refractivity contribution in [3.63, 3.8) is 0 Å². The van der Waals surface area contributed by atoms with Crippen LogP contribution in [0.4, 0.5) is 0 Å². The molecular formula is C23H22N2O. The maximum Gasteiger partial charge on any atom is 0.226 e. The molecule has 0 N–H and O–H groups in total. The zero-order valence-corrected chi connectivity index (χ0v) is 14.9. The number of nitrogens with zero attached hydrogens (tertiary/aromatic N) is 2. The molecule has 1 atom stereocenters. The Balaban J connectivity index is 1.71. The summed E-state index contributed by atoms with van der Waals surface area (Å²) in [4.78, 5) is 15.3. The van der Waals surface area contributed by atoms with Crippen molar-refractivity contribution in [2.24, 2.45) is 5.92 Å². The lowest BCUT2D eigenvalue weighted by Gasteiger charge is -2.31. The van der Waals surface area contributed by atoms with Crippen LogP contribution in [0.3, 0.4) is 0 Å². The van der Waals surface area contributed by atoms with Crippen LogP contribution < -0.4 is 0 Å². The molecule has 130 valence electrons. The van der Waals surface area contributed by atoms with Gasteiger partial charge in [0.25, 0.3) is 0 Å². The van der Waals surface area contributed by atoms with Crippen molar-refractivity contribution >= 4 is 5.91 Å². The van der Waals surface area contributed by atoms with E-state index in [1.54, 1.807) is 0 Å². The lowest BCUT2D eigenvalue weighted by atomic mass is 10.00. The number of aromatic nitrogens is 1. The lowest BCUT2D eigenvalue weighted by molar-refractivity contribution is -0.135. The van der Waals surface area contributed by atoms with E-state index in [9.17, 15) is 4.79 Å². The molecule has 2 aromatic carbocycles. The van der Waals surface area contributed by atoms with Crippen LogP contribution in [0.5, 0.6) is 0 Å². The van der Waals surface area contributed by atoms with Gasteiger partial charge in [-0.3, -0.25) is 4.79 Å². The summed E-state index contributed by atoms with van der Waals surface area (Å²) in [5.74, 6) is 0.497. The van der Waals surface area contributed by atoms with Gasteiger partial charge in [-0.05, 0) is 49.1 Å². The van der Waals surface area contributed by atoms with Gasteiger partial charge in [0.15, 0.2) is 0 Å². The first-order valence-electron chi connectivity index (χ1n) is 9.35. The molecule has 0 radical (unpaired) electrons. The molecular weight excluding hydrogens is 320 g/mol. The third-order valence-corrected chi connectivity index (χ3v) is 5.57. The van der Waals surface area contributed by atoms with Gasteiger partial charge in [-0.15, -0.1) is 0 Å². The van der Waals surface area contributed by atoms with E-state index in [4.69, 9.17) is 0 Å². The molecule has 26 heavy (non-hydrogen) atoms. The fraction of sp³-hybridized carbons (Fsp3) is 0.261. The molecule has 0 bridgehead atoms. The van der Waals surface area contributed by atoms with Gasteiger partial charge in [0.05, 0.1) is 11.7 Å². The zero-order valence-electron chi connectivity index (χ0n) is 14.9. The molecule has 0 spiro atoms. The van der Waals surface area contributed by atoms with E-state index >= 15 is 0 Å². The number of aryl methyl sites for hydroxylation is 1. The number of fused-ring (bicyclic) bond motifs is 3. The molecule has 2 aliphatic rings. The van der Waals surface area contributed by atoms with Crippen molar-refractivity contribution in [2.45, 2.75) is 32.4 Å². The topological polar surface area (TPSA) is 25.2 Å². The van der Waals surface area contributed by atoms with Crippen LogP contribution >= 0.6 is 0 Å². The second kappa shape index (κ2) is 5.87. The Morgan fingerprint density at radius 1 is 0.962 bits per heavy atom. The molecule has 3 nitrogen and oxygen atoms in total.